The summed E-state index contributed by atoms with van der Waals surface area (Å²) in [5, 5.41) is 3.06. The third-order valence-corrected chi connectivity index (χ3v) is 11.8. The molecule has 11 nitrogen and oxygen atoms in total. The second-order valence-electron chi connectivity index (χ2n) is 16.2. The molecule has 8 aromatic rings. The molecular formula is C52H41ClF6N6O5. The average molecular weight is 979 g/mol. The zero-order valence-electron chi connectivity index (χ0n) is 36.9. The van der Waals surface area contributed by atoms with Crippen molar-refractivity contribution in [3.63, 3.8) is 0 Å². The van der Waals surface area contributed by atoms with Gasteiger partial charge >= 0.3 is 12.4 Å². The summed E-state index contributed by atoms with van der Waals surface area (Å²) in [7, 11) is 0. The molecule has 0 amide bonds. The van der Waals surface area contributed by atoms with Gasteiger partial charge < -0.3 is 25.8 Å². The maximum absolute atomic E-state index is 13.1. The predicted molar refractivity (Wildman–Crippen MR) is 250 cm³/mol. The Morgan fingerprint density at radius 1 is 0.543 bits per heavy atom. The number of imidazole rings is 2. The number of aromatic nitrogens is 4. The summed E-state index contributed by atoms with van der Waals surface area (Å²) in [6.07, 6.45) is -6.11. The van der Waals surface area contributed by atoms with E-state index in [2.05, 4.69) is 25.3 Å². The van der Waals surface area contributed by atoms with E-state index in [9.17, 15) is 45.5 Å². The SMILES string of the molecule is C1CCOC1.NCc1cccc(C(F)(F)F)c1.O=C1c2ccccc2C(=O)c2c1ccc1[nH]c(CCl)nc21.O=C1c2ccccc2C(=O)c2c1ccc1[nH]c(CNCc3cccc(C(F)(F)F)c3)nc21. The zero-order valence-corrected chi connectivity index (χ0v) is 37.6. The van der Waals surface area contributed by atoms with Gasteiger partial charge in [0.2, 0.25) is 0 Å². The Kier molecular flexibility index (Phi) is 14.5. The van der Waals surface area contributed by atoms with Gasteiger partial charge in [-0.3, -0.25) is 19.2 Å². The van der Waals surface area contributed by atoms with Crippen LogP contribution < -0.4 is 11.1 Å². The lowest BCUT2D eigenvalue weighted by molar-refractivity contribution is -0.138. The monoisotopic (exact) mass is 978 g/mol. The molecule has 0 atom stereocenters. The second kappa shape index (κ2) is 20.7. The molecule has 0 radical (unpaired) electrons. The second-order valence-corrected chi connectivity index (χ2v) is 16.5. The van der Waals surface area contributed by atoms with Crippen LogP contribution in [0.25, 0.3) is 22.1 Å². The summed E-state index contributed by atoms with van der Waals surface area (Å²) in [4.78, 5) is 66.2. The van der Waals surface area contributed by atoms with Crippen LogP contribution in [0.2, 0.25) is 0 Å². The van der Waals surface area contributed by atoms with Crippen molar-refractivity contribution < 1.29 is 50.3 Å². The van der Waals surface area contributed by atoms with Gasteiger partial charge in [0.15, 0.2) is 23.1 Å². The molecule has 0 unspecified atom stereocenters. The number of nitrogens with zero attached hydrogens (tertiary/aromatic N) is 2. The van der Waals surface area contributed by atoms with Gasteiger partial charge in [0.1, 0.15) is 22.7 Å². The molecule has 1 fully saturated rings. The molecule has 0 bridgehead atoms. The normalized spacial score (nSPS) is 13.8. The highest BCUT2D eigenvalue weighted by Gasteiger charge is 2.34. The fourth-order valence-corrected chi connectivity index (χ4v) is 8.25. The number of ketones is 4. The topological polar surface area (TPSA) is 173 Å². The van der Waals surface area contributed by atoms with Gasteiger partial charge in [-0.25, -0.2) is 9.97 Å². The highest BCUT2D eigenvalue weighted by Crippen LogP contribution is 2.34. The van der Waals surface area contributed by atoms with Crippen LogP contribution in [0.3, 0.4) is 0 Å². The lowest BCUT2D eigenvalue weighted by atomic mass is 9.83. The number of aromatic amines is 2. The number of alkyl halides is 7. The van der Waals surface area contributed by atoms with Crippen LogP contribution in [0.15, 0.2) is 121 Å². The Balaban J connectivity index is 0.000000147. The third-order valence-electron chi connectivity index (χ3n) is 11.5. The molecule has 6 aromatic carbocycles. The van der Waals surface area contributed by atoms with Crippen LogP contribution in [-0.4, -0.2) is 56.3 Å². The van der Waals surface area contributed by atoms with E-state index < -0.39 is 23.5 Å². The smallest absolute Gasteiger partial charge is 0.381 e. The maximum Gasteiger partial charge on any atom is 0.416 e. The van der Waals surface area contributed by atoms with Crippen molar-refractivity contribution in [2.45, 2.75) is 50.7 Å². The minimum Gasteiger partial charge on any atom is -0.381 e. The van der Waals surface area contributed by atoms with E-state index >= 15 is 0 Å². The molecule has 3 aliphatic rings. The number of ether oxygens (including phenoxy) is 1. The fraction of sp³-hybridized carbons (Fsp3) is 0.192. The van der Waals surface area contributed by atoms with E-state index in [0.717, 1.165) is 37.5 Å². The summed E-state index contributed by atoms with van der Waals surface area (Å²) < 4.78 is 79.8. The molecule has 1 saturated heterocycles. The summed E-state index contributed by atoms with van der Waals surface area (Å²) in [5.74, 6) is 0.539. The Labute approximate surface area is 400 Å². The molecule has 5 N–H and O–H groups in total. The first-order valence-corrected chi connectivity index (χ1v) is 22.4. The van der Waals surface area contributed by atoms with Crippen LogP contribution in [0.4, 0.5) is 26.3 Å². The van der Waals surface area contributed by atoms with Gasteiger partial charge in [-0.15, -0.1) is 11.6 Å². The minimum atomic E-state index is -4.39. The van der Waals surface area contributed by atoms with Gasteiger partial charge in [0.25, 0.3) is 0 Å². The third kappa shape index (κ3) is 10.5. The van der Waals surface area contributed by atoms with E-state index in [1.165, 1.54) is 25.0 Å². The summed E-state index contributed by atoms with van der Waals surface area (Å²) in [5.41, 5.74) is 10.0. The van der Waals surface area contributed by atoms with Crippen molar-refractivity contribution in [2.75, 3.05) is 13.2 Å². The zero-order chi connectivity index (χ0) is 49.7. The van der Waals surface area contributed by atoms with Crippen molar-refractivity contribution in [1.29, 1.82) is 0 Å². The number of nitrogens with one attached hydrogen (secondary N) is 3. The lowest BCUT2D eigenvalue weighted by Gasteiger charge is -2.17. The fourth-order valence-electron chi connectivity index (χ4n) is 8.12. The number of hydrogen-bond donors (Lipinski definition) is 4. The Morgan fingerprint density at radius 3 is 1.43 bits per heavy atom. The van der Waals surface area contributed by atoms with E-state index in [1.54, 1.807) is 84.9 Å². The number of carbonyl (C=O) groups is 4. The number of H-pyrrole nitrogens is 2. The quantitative estimate of drug-likeness (QED) is 0.0934. The number of carbonyl (C=O) groups excluding carboxylic acids is 4. The standard InChI is InChI=1S/C24H16F3N3O2.C16H9ClN2O2.C8H8F3N.C4H8O/c25-24(26,27)14-5-3-4-13(10-14)11-28-12-19-29-18-9-8-17-20(21(18)30-19)23(32)16-7-2-1-6-15(16)22(17)31;17-7-12-18-11-6-5-10-13(14(11)19-12)16(21)9-4-2-1-3-8(9)15(10)20;9-8(10,11)7-3-1-2-6(4-7)5-12;1-2-4-5-3-1/h1-10,28H,11-12H2,(H,29,30);1-6H,7H2,(H,18,19);1-4H,5,12H2;1-4H2. The number of benzene rings is 6. The van der Waals surface area contributed by atoms with Crippen molar-refractivity contribution in [2.24, 2.45) is 5.73 Å². The van der Waals surface area contributed by atoms with Crippen molar-refractivity contribution in [1.82, 2.24) is 25.3 Å². The molecule has 358 valence electrons. The van der Waals surface area contributed by atoms with Crippen LogP contribution in [0.1, 0.15) is 110 Å². The molecule has 0 saturated carbocycles. The summed E-state index contributed by atoms with van der Waals surface area (Å²) in [6, 6.07) is 30.4. The predicted octanol–water partition coefficient (Wildman–Crippen LogP) is 10.7. The molecule has 2 aliphatic carbocycles. The first-order chi connectivity index (χ1) is 33.6. The molecule has 11 rings (SSSR count). The van der Waals surface area contributed by atoms with E-state index in [0.29, 0.717) is 83.8 Å². The molecule has 0 spiro atoms. The summed E-state index contributed by atoms with van der Waals surface area (Å²) in [6.45, 7) is 2.59. The maximum atomic E-state index is 13.1. The minimum absolute atomic E-state index is 0.129. The highest BCUT2D eigenvalue weighted by atomic mass is 35.5. The number of rotatable bonds is 6. The van der Waals surface area contributed by atoms with Crippen molar-refractivity contribution in [3.05, 3.63) is 200 Å². The lowest BCUT2D eigenvalue weighted by Crippen LogP contribution is -2.21. The van der Waals surface area contributed by atoms with Crippen LogP contribution in [-0.2, 0) is 42.6 Å². The molecular weight excluding hydrogens is 938 g/mol. The van der Waals surface area contributed by atoms with E-state index in [-0.39, 0.29) is 54.2 Å². The summed E-state index contributed by atoms with van der Waals surface area (Å²) >= 11 is 5.78. The van der Waals surface area contributed by atoms with Gasteiger partial charge in [-0.2, -0.15) is 26.3 Å². The van der Waals surface area contributed by atoms with Crippen molar-refractivity contribution >= 4 is 56.8 Å². The van der Waals surface area contributed by atoms with Crippen LogP contribution in [0.5, 0.6) is 0 Å². The van der Waals surface area contributed by atoms with Crippen LogP contribution in [0, 0.1) is 0 Å². The largest absolute Gasteiger partial charge is 0.416 e. The number of hydrogen-bond acceptors (Lipinski definition) is 9. The highest BCUT2D eigenvalue weighted by molar-refractivity contribution is 6.32. The molecule has 18 heteroatoms. The molecule has 70 heavy (non-hydrogen) atoms. The Morgan fingerprint density at radius 2 is 0.986 bits per heavy atom. The Bertz CT molecular complexity index is 3280. The first-order valence-electron chi connectivity index (χ1n) is 21.8. The van der Waals surface area contributed by atoms with E-state index in [4.69, 9.17) is 22.1 Å². The number of fused-ring (bicyclic) bond motifs is 8. The number of halogens is 7. The van der Waals surface area contributed by atoms with Gasteiger partial charge in [-0.1, -0.05) is 84.9 Å². The number of nitrogens with two attached hydrogens (primary N) is 1. The molecule has 1 aliphatic heterocycles. The molecule has 3 heterocycles. The molecule has 2 aromatic heterocycles. The Hall–Kier alpha value is -7.31. The van der Waals surface area contributed by atoms with Gasteiger partial charge in [-0.05, 0) is 60.4 Å². The van der Waals surface area contributed by atoms with Crippen molar-refractivity contribution in [3.8, 4) is 0 Å². The van der Waals surface area contributed by atoms with Gasteiger partial charge in [0, 0.05) is 59.7 Å². The van der Waals surface area contributed by atoms with Gasteiger partial charge in [0.05, 0.1) is 45.7 Å². The first kappa shape index (κ1) is 49.1. The average Bonchev–Trinajstić information content (AvgIpc) is 4.18. The van der Waals surface area contributed by atoms with E-state index in [1.807, 2.05) is 0 Å². The van der Waals surface area contributed by atoms with Crippen LogP contribution >= 0.6 is 11.6 Å².